The first-order valence-electron chi connectivity index (χ1n) is 17.9. The Labute approximate surface area is 303 Å². The van der Waals surface area contributed by atoms with E-state index in [1.165, 1.54) is 6.42 Å². The van der Waals surface area contributed by atoms with E-state index in [1.54, 1.807) is 22.6 Å². The molecule has 2 saturated heterocycles. The summed E-state index contributed by atoms with van der Waals surface area (Å²) in [6.45, 7) is 10.9. The average Bonchev–Trinajstić information content (AvgIpc) is 3.89. The lowest BCUT2D eigenvalue weighted by molar-refractivity contribution is 0.0240. The number of nitrogens with zero attached hydrogens (tertiary/aromatic N) is 10. The number of fused-ring (bicyclic) bond motifs is 2. The second kappa shape index (κ2) is 13.7. The van der Waals surface area contributed by atoms with E-state index in [2.05, 4.69) is 40.0 Å². The van der Waals surface area contributed by atoms with Gasteiger partial charge in [-0.2, -0.15) is 20.2 Å². The maximum Gasteiger partial charge on any atom is 0.410 e. The first-order valence-corrected chi connectivity index (χ1v) is 18.7. The molecule has 272 valence electrons. The van der Waals surface area contributed by atoms with Crippen molar-refractivity contribution in [2.24, 2.45) is 10.9 Å². The number of hydrogen-bond donors (Lipinski definition) is 0. The van der Waals surface area contributed by atoms with E-state index in [0.29, 0.717) is 71.9 Å². The third-order valence-corrected chi connectivity index (χ3v) is 11.6. The van der Waals surface area contributed by atoms with Crippen LogP contribution in [0.2, 0.25) is 0 Å². The number of thiophene rings is 1. The van der Waals surface area contributed by atoms with Crippen LogP contribution in [0.4, 0.5) is 15.6 Å². The number of ether oxygens (including phenoxy) is 2. The van der Waals surface area contributed by atoms with E-state index in [1.807, 2.05) is 45.8 Å². The molecule has 14 nitrogen and oxygen atoms in total. The third kappa shape index (κ3) is 7.00. The van der Waals surface area contributed by atoms with Crippen molar-refractivity contribution in [3.63, 3.8) is 0 Å². The average molecular weight is 717 g/mol. The number of rotatable bonds is 7. The van der Waals surface area contributed by atoms with E-state index >= 15 is 0 Å². The summed E-state index contributed by atoms with van der Waals surface area (Å²) in [6, 6.07) is 4.92. The van der Waals surface area contributed by atoms with Gasteiger partial charge in [-0.1, -0.05) is 5.16 Å². The fourth-order valence-electron chi connectivity index (χ4n) is 8.03. The molecule has 2 aliphatic carbocycles. The number of nitriles is 1. The van der Waals surface area contributed by atoms with Gasteiger partial charge < -0.3 is 28.7 Å². The minimum atomic E-state index is -0.661. The molecule has 0 N–H and O–H groups in total. The van der Waals surface area contributed by atoms with Gasteiger partial charge in [0.1, 0.15) is 34.3 Å². The summed E-state index contributed by atoms with van der Waals surface area (Å²) in [5.41, 5.74) is 0.763. The van der Waals surface area contributed by atoms with Gasteiger partial charge in [0, 0.05) is 62.8 Å². The number of carbonyl (C=O) groups is 1. The van der Waals surface area contributed by atoms with Gasteiger partial charge in [0.2, 0.25) is 11.7 Å². The second-order valence-corrected chi connectivity index (χ2v) is 16.7. The topological polar surface area (TPSA) is 149 Å². The molecule has 3 aromatic heterocycles. The number of piperazine rings is 1. The second-order valence-electron chi connectivity index (χ2n) is 15.6. The maximum absolute atomic E-state index is 12.8. The monoisotopic (exact) mass is 716 g/mol. The summed E-state index contributed by atoms with van der Waals surface area (Å²) in [5, 5.41) is 15.4. The molecule has 4 atom stereocenters. The van der Waals surface area contributed by atoms with Crippen LogP contribution in [-0.2, 0) is 16.6 Å². The number of aryl methyl sites for hydroxylation is 1. The van der Waals surface area contributed by atoms with Crippen molar-refractivity contribution in [3.8, 4) is 23.6 Å². The highest BCUT2D eigenvalue weighted by molar-refractivity contribution is 7.16. The first-order chi connectivity index (χ1) is 24.3. The molecule has 7 rings (SSSR count). The molecule has 3 unspecified atom stereocenters. The third-order valence-electron chi connectivity index (χ3n) is 10.5. The van der Waals surface area contributed by atoms with Crippen molar-refractivity contribution >= 4 is 34.6 Å². The number of likely N-dealkylation sites (N-methyl/N-ethyl adjacent to an activating group) is 1. The Morgan fingerprint density at radius 2 is 1.94 bits per heavy atom. The highest BCUT2D eigenvalue weighted by Gasteiger charge is 2.45. The molecular weight excluding hydrogens is 669 g/mol. The summed E-state index contributed by atoms with van der Waals surface area (Å²) in [6.07, 6.45) is 7.21. The number of likely N-dealkylation sites (tertiary alicyclic amines) is 1. The molecule has 0 aromatic carbocycles. The molecular formula is C36H48N10O4S. The van der Waals surface area contributed by atoms with Crippen LogP contribution >= 0.6 is 11.3 Å². The van der Waals surface area contributed by atoms with Crippen LogP contribution in [-0.4, -0.2) is 119 Å². The van der Waals surface area contributed by atoms with Crippen LogP contribution in [0, 0.1) is 17.2 Å². The SMILES string of the molecule is CN(C)C=Nc1sc2c(c1C#N)[C@@](C)(c1nc(-c3cc(N4CCN(C(=O)OC(C)(C)C)CC4)nc(OC4CCC5CCN(C)C54)n3)no1)CCC2. The number of aliphatic imine (C=N–C) groups is 1. The standard InChI is InChI=1S/C36H48N10O4S/c1-35(2,3)49-34(47)46-17-15-45(16-18-46)27-19-24(39-33(40-27)48-25-11-10-22-12-14-44(7)29(22)25)30-41-32(50-42-30)36(4)13-8-9-26-28(36)23(20-37)31(51-26)38-21-43(5)6/h19,21-22,25,29H,8-18H2,1-7H3/t22?,25?,29?,36-/m0/s1. The fraction of sp³-hybridized carbons (Fsp3) is 0.639. The highest BCUT2D eigenvalue weighted by atomic mass is 32.1. The van der Waals surface area contributed by atoms with Crippen molar-refractivity contribution in [2.45, 2.75) is 89.4 Å². The zero-order valence-corrected chi connectivity index (χ0v) is 31.5. The van der Waals surface area contributed by atoms with Crippen LogP contribution in [0.3, 0.4) is 0 Å². The number of aromatic nitrogens is 4. The number of hydrogen-bond acceptors (Lipinski definition) is 13. The van der Waals surface area contributed by atoms with Crippen molar-refractivity contribution in [3.05, 3.63) is 28.0 Å². The minimum absolute atomic E-state index is 0.0117. The van der Waals surface area contributed by atoms with Crippen molar-refractivity contribution in [1.82, 2.24) is 34.8 Å². The molecule has 0 bridgehead atoms. The Bertz CT molecular complexity index is 1840. The molecule has 1 amide bonds. The van der Waals surface area contributed by atoms with Crippen LogP contribution in [0.1, 0.15) is 81.7 Å². The Balaban J connectivity index is 1.20. The van der Waals surface area contributed by atoms with Gasteiger partial charge in [-0.3, -0.25) is 4.90 Å². The fourth-order valence-corrected chi connectivity index (χ4v) is 9.29. The van der Waals surface area contributed by atoms with Crippen molar-refractivity contribution in [1.29, 1.82) is 5.26 Å². The van der Waals surface area contributed by atoms with E-state index in [9.17, 15) is 10.1 Å². The lowest BCUT2D eigenvalue weighted by Crippen LogP contribution is -2.50. The lowest BCUT2D eigenvalue weighted by atomic mass is 9.72. The van der Waals surface area contributed by atoms with Gasteiger partial charge in [0.25, 0.3) is 0 Å². The molecule has 0 radical (unpaired) electrons. The summed E-state index contributed by atoms with van der Waals surface area (Å²) in [4.78, 5) is 41.4. The highest BCUT2D eigenvalue weighted by Crippen LogP contribution is 2.50. The summed E-state index contributed by atoms with van der Waals surface area (Å²) in [5.74, 6) is 2.07. The Morgan fingerprint density at radius 1 is 1.16 bits per heavy atom. The molecule has 15 heteroatoms. The molecule has 3 fully saturated rings. The molecule has 0 spiro atoms. The molecule has 1 saturated carbocycles. The Kier molecular flexibility index (Phi) is 9.43. The predicted octanol–water partition coefficient (Wildman–Crippen LogP) is 5.24. The number of amides is 1. The quantitative estimate of drug-likeness (QED) is 0.232. The predicted molar refractivity (Wildman–Crippen MR) is 194 cm³/mol. The minimum Gasteiger partial charge on any atom is -0.458 e. The van der Waals surface area contributed by atoms with Gasteiger partial charge in [-0.15, -0.1) is 11.3 Å². The molecule has 4 aliphatic rings. The van der Waals surface area contributed by atoms with Crippen LogP contribution in [0.25, 0.3) is 11.5 Å². The summed E-state index contributed by atoms with van der Waals surface area (Å²) < 4.78 is 18.3. The Morgan fingerprint density at radius 3 is 2.67 bits per heavy atom. The van der Waals surface area contributed by atoms with Crippen LogP contribution < -0.4 is 9.64 Å². The van der Waals surface area contributed by atoms with Gasteiger partial charge in [0.05, 0.1) is 17.3 Å². The van der Waals surface area contributed by atoms with Crippen molar-refractivity contribution in [2.75, 3.05) is 58.8 Å². The van der Waals surface area contributed by atoms with Crippen molar-refractivity contribution < 1.29 is 18.8 Å². The summed E-state index contributed by atoms with van der Waals surface area (Å²) >= 11 is 1.56. The van der Waals surface area contributed by atoms with Gasteiger partial charge in [-0.25, -0.2) is 9.79 Å². The van der Waals surface area contributed by atoms with E-state index in [4.69, 9.17) is 28.9 Å². The van der Waals surface area contributed by atoms with E-state index in [0.717, 1.165) is 49.1 Å². The van der Waals surface area contributed by atoms with Gasteiger partial charge in [0.15, 0.2) is 0 Å². The van der Waals surface area contributed by atoms with Gasteiger partial charge >= 0.3 is 12.1 Å². The molecule has 3 aromatic rings. The maximum atomic E-state index is 12.8. The lowest BCUT2D eigenvalue weighted by Gasteiger charge is -2.36. The normalized spacial score (nSPS) is 25.2. The zero-order valence-electron chi connectivity index (χ0n) is 30.7. The van der Waals surface area contributed by atoms with Crippen LogP contribution in [0.15, 0.2) is 15.6 Å². The summed E-state index contributed by atoms with van der Waals surface area (Å²) in [7, 11) is 5.98. The Hall–Kier alpha value is -4.29. The van der Waals surface area contributed by atoms with E-state index < -0.39 is 11.0 Å². The molecule has 51 heavy (non-hydrogen) atoms. The number of carbonyl (C=O) groups excluding carboxylic acids is 1. The largest absolute Gasteiger partial charge is 0.458 e. The number of anilines is 1. The van der Waals surface area contributed by atoms with Gasteiger partial charge in [-0.05, 0) is 85.7 Å². The van der Waals surface area contributed by atoms with E-state index in [-0.39, 0.29) is 18.2 Å². The first kappa shape index (κ1) is 35.1. The zero-order chi connectivity index (χ0) is 36.1. The molecule has 2 aliphatic heterocycles. The van der Waals surface area contributed by atoms with Crippen LogP contribution in [0.5, 0.6) is 6.01 Å². The smallest absolute Gasteiger partial charge is 0.410 e. The molecule has 5 heterocycles.